The Bertz CT molecular complexity index is 9100. The molecule has 28 aromatic rings. The SMILES string of the molecule is c1ccc(-c2nc(-c3ccccc3)nc(-c3cccc4oc5c(-c6ccccn6)cc(-c6ccccn6)cc5c34)n2)cc1.c1ccc(-c2nc(-c3ccccc3)nc(-c3cccc4oc5c(-c6cccnc6)cc(-c6cccnc6)cc5c34)n2)cc1.c1ccc(-c2nc(-c3ccccc3)nc(-c3cccc4oc5c(-n6c7ccccc7c7ccccc76)cc(-n6c7ccccc7c7ccccc76)cc5c34)n2)cc1. The smallest absolute Gasteiger partial charge is 0.164 e. The monoisotopic (exact) mass is 1840 g/mol. The van der Waals surface area contributed by atoms with E-state index in [1.165, 1.54) is 21.5 Å². The molecule has 18 heteroatoms. The van der Waals surface area contributed by atoms with Crippen LogP contribution in [0.4, 0.5) is 0 Å². The molecular formula is C125H77N15O3. The van der Waals surface area contributed by atoms with Crippen molar-refractivity contribution < 1.29 is 13.3 Å². The molecule has 0 aliphatic heterocycles. The molecule has 0 amide bonds. The molecule has 12 aromatic heterocycles. The van der Waals surface area contributed by atoms with Gasteiger partial charge in [0.05, 0.1) is 39.1 Å². The van der Waals surface area contributed by atoms with E-state index in [2.05, 4.69) is 181 Å². The van der Waals surface area contributed by atoms with E-state index < -0.39 is 0 Å². The van der Waals surface area contributed by atoms with E-state index in [1.54, 1.807) is 24.8 Å². The topological polar surface area (TPSA) is 217 Å². The number of aromatic nitrogens is 15. The van der Waals surface area contributed by atoms with Crippen LogP contribution in [0.2, 0.25) is 0 Å². The van der Waals surface area contributed by atoms with Crippen molar-refractivity contribution in [2.75, 3.05) is 0 Å². The number of benzene rings is 16. The highest BCUT2D eigenvalue weighted by Crippen LogP contribution is 2.49. The minimum atomic E-state index is 0.573. The summed E-state index contributed by atoms with van der Waals surface area (Å²) in [5.41, 5.74) is 26.7. The lowest BCUT2D eigenvalue weighted by atomic mass is 9.96. The third kappa shape index (κ3) is 15.4. The number of rotatable bonds is 15. The summed E-state index contributed by atoms with van der Waals surface area (Å²) in [5.74, 6) is 5.40. The van der Waals surface area contributed by atoms with Gasteiger partial charge in [-0.2, -0.15) is 0 Å². The van der Waals surface area contributed by atoms with Gasteiger partial charge < -0.3 is 22.4 Å². The van der Waals surface area contributed by atoms with Crippen molar-refractivity contribution in [3.05, 3.63) is 468 Å². The Balaban J connectivity index is 0.000000111. The predicted molar refractivity (Wildman–Crippen MR) is 572 cm³/mol. The molecule has 143 heavy (non-hydrogen) atoms. The number of pyridine rings is 4. The van der Waals surface area contributed by atoms with Gasteiger partial charge in [0.25, 0.3) is 0 Å². The zero-order chi connectivity index (χ0) is 94.6. The van der Waals surface area contributed by atoms with Crippen LogP contribution in [-0.4, -0.2) is 73.9 Å². The summed E-state index contributed by atoms with van der Waals surface area (Å²) < 4.78 is 25.0. The van der Waals surface area contributed by atoms with Gasteiger partial charge in [-0.1, -0.05) is 315 Å². The molecule has 670 valence electrons. The van der Waals surface area contributed by atoms with Crippen molar-refractivity contribution in [1.82, 2.24) is 73.9 Å². The average molecular weight is 1840 g/mol. The number of hydrogen-bond donors (Lipinski definition) is 0. The number of nitrogens with zero attached hydrogens (tertiary/aromatic N) is 15. The van der Waals surface area contributed by atoms with Crippen LogP contribution in [0.15, 0.2) is 481 Å². The first-order valence-electron chi connectivity index (χ1n) is 47.1. The molecule has 28 rings (SSSR count). The Labute approximate surface area is 817 Å². The Morgan fingerprint density at radius 3 is 0.874 bits per heavy atom. The van der Waals surface area contributed by atoms with E-state index in [4.69, 9.17) is 58.1 Å². The first-order valence-corrected chi connectivity index (χ1v) is 47.1. The molecule has 0 radical (unpaired) electrons. The molecule has 12 heterocycles. The molecule has 0 atom stereocenters. The van der Waals surface area contributed by atoms with Crippen LogP contribution in [0.5, 0.6) is 0 Å². The van der Waals surface area contributed by atoms with Gasteiger partial charge in [0.1, 0.15) is 27.9 Å². The Morgan fingerprint density at radius 2 is 0.497 bits per heavy atom. The fourth-order valence-corrected chi connectivity index (χ4v) is 19.6. The first kappa shape index (κ1) is 83.7. The molecule has 0 spiro atoms. The van der Waals surface area contributed by atoms with Crippen LogP contribution in [0, 0.1) is 0 Å². The molecule has 0 aliphatic carbocycles. The second kappa shape index (κ2) is 36.0. The minimum absolute atomic E-state index is 0.573. The predicted octanol–water partition coefficient (Wildman–Crippen LogP) is 30.8. The molecule has 0 bridgehead atoms. The van der Waals surface area contributed by atoms with Crippen molar-refractivity contribution in [3.8, 4) is 159 Å². The van der Waals surface area contributed by atoms with Crippen LogP contribution in [-0.2, 0) is 0 Å². The molecular weight excluding hydrogens is 1760 g/mol. The van der Waals surface area contributed by atoms with Crippen LogP contribution < -0.4 is 0 Å². The van der Waals surface area contributed by atoms with Gasteiger partial charge in [-0.25, -0.2) is 44.9 Å². The maximum atomic E-state index is 7.04. The first-order chi connectivity index (χ1) is 70.9. The maximum Gasteiger partial charge on any atom is 0.164 e. The average Bonchev–Trinajstić information content (AvgIpc) is 1.54. The minimum Gasteiger partial charge on any atom is -0.455 e. The highest BCUT2D eigenvalue weighted by molar-refractivity contribution is 6.20. The van der Waals surface area contributed by atoms with Crippen LogP contribution in [0.1, 0.15) is 0 Å². The summed E-state index contributed by atoms with van der Waals surface area (Å²) in [6.07, 6.45) is 10.9. The standard InChI is InChI=1S/C51H31N5O.2C37H23N5O/c1-3-16-32(17-4-1)49-52-50(33-18-5-2-6-19-33)54-51(53-49)39-24-15-29-46-47(39)40-30-34(55-41-25-11-7-20-35(41)36-21-8-12-26-42(36)55)31-45(48(40)57-46)56-43-27-13-9-22-37(43)38-23-10-14-28-44(38)56;1-3-10-24(11-4-1)35-40-36(25-12-5-2-6-13-25)42-37(41-35)29-16-7-17-32-33(29)31-21-28(26-14-8-18-38-22-26)20-30(34(31)43-32)27-15-9-19-39-23-27;1-3-12-24(13-4-1)35-40-36(25-14-5-2-6-15-25)42-37(41-35)27-16-11-19-32-33(27)29-23-26(30-17-7-9-20-38-30)22-28(34(29)43-32)31-18-8-10-21-39-31/h1-31H;2*1-23H. The van der Waals surface area contributed by atoms with Crippen molar-refractivity contribution in [2.24, 2.45) is 0 Å². The molecule has 0 fully saturated rings. The normalized spacial score (nSPS) is 11.5. The summed E-state index contributed by atoms with van der Waals surface area (Å²) in [4.78, 5) is 63.2. The van der Waals surface area contributed by atoms with Crippen molar-refractivity contribution in [2.45, 2.75) is 0 Å². The zero-order valence-corrected chi connectivity index (χ0v) is 76.4. The fraction of sp³-hybridized carbons (Fsp3) is 0. The highest BCUT2D eigenvalue weighted by atomic mass is 16.3. The summed E-state index contributed by atoms with van der Waals surface area (Å²) in [6.45, 7) is 0. The van der Waals surface area contributed by atoms with Gasteiger partial charge in [-0.3, -0.25) is 19.9 Å². The van der Waals surface area contributed by atoms with Crippen molar-refractivity contribution >= 4 is 109 Å². The van der Waals surface area contributed by atoms with Gasteiger partial charge in [-0.15, -0.1) is 0 Å². The fourth-order valence-electron chi connectivity index (χ4n) is 19.6. The summed E-state index contributed by atoms with van der Waals surface area (Å²) in [7, 11) is 0. The van der Waals surface area contributed by atoms with E-state index in [1.807, 2.05) is 291 Å². The Hall–Kier alpha value is -19.9. The van der Waals surface area contributed by atoms with Crippen LogP contribution in [0.25, 0.3) is 268 Å². The van der Waals surface area contributed by atoms with Gasteiger partial charge in [-0.05, 0) is 121 Å². The van der Waals surface area contributed by atoms with E-state index >= 15 is 0 Å². The molecule has 16 aromatic carbocycles. The van der Waals surface area contributed by atoms with E-state index in [9.17, 15) is 0 Å². The number of fused-ring (bicyclic) bond motifs is 15. The van der Waals surface area contributed by atoms with Crippen LogP contribution in [0.3, 0.4) is 0 Å². The molecule has 0 N–H and O–H groups in total. The van der Waals surface area contributed by atoms with Gasteiger partial charge in [0.2, 0.25) is 0 Å². The van der Waals surface area contributed by atoms with E-state index in [0.717, 1.165) is 194 Å². The zero-order valence-electron chi connectivity index (χ0n) is 76.4. The third-order valence-corrected chi connectivity index (χ3v) is 26.1. The number of hydrogen-bond acceptors (Lipinski definition) is 16. The second-order valence-corrected chi connectivity index (χ2v) is 34.8. The van der Waals surface area contributed by atoms with Crippen molar-refractivity contribution in [3.63, 3.8) is 0 Å². The third-order valence-electron chi connectivity index (χ3n) is 26.1. The summed E-state index contributed by atoms with van der Waals surface area (Å²) in [6, 6.07) is 146. The lowest BCUT2D eigenvalue weighted by molar-refractivity contribution is 0.666. The quantitative estimate of drug-likeness (QED) is 0.0932. The molecule has 0 saturated carbocycles. The maximum absolute atomic E-state index is 7.04. The molecule has 0 unspecified atom stereocenters. The largest absolute Gasteiger partial charge is 0.455 e. The van der Waals surface area contributed by atoms with E-state index in [0.29, 0.717) is 52.4 Å². The van der Waals surface area contributed by atoms with Crippen LogP contribution >= 0.6 is 0 Å². The van der Waals surface area contributed by atoms with Gasteiger partial charge in [0, 0.05) is 175 Å². The number of para-hydroxylation sites is 4. The lowest BCUT2D eigenvalue weighted by Crippen LogP contribution is -2.01. The molecule has 18 nitrogen and oxygen atoms in total. The Kier molecular flexibility index (Phi) is 21.1. The van der Waals surface area contributed by atoms with Gasteiger partial charge in [0.15, 0.2) is 58.0 Å². The summed E-state index contributed by atoms with van der Waals surface area (Å²) >= 11 is 0. The summed E-state index contributed by atoms with van der Waals surface area (Å²) in [5, 5.41) is 10.5. The van der Waals surface area contributed by atoms with E-state index in [-0.39, 0.29) is 0 Å². The Morgan fingerprint density at radius 1 is 0.182 bits per heavy atom. The van der Waals surface area contributed by atoms with Gasteiger partial charge >= 0.3 is 0 Å². The molecule has 0 saturated heterocycles. The van der Waals surface area contributed by atoms with Crippen molar-refractivity contribution in [1.29, 1.82) is 0 Å². The molecule has 0 aliphatic rings. The lowest BCUT2D eigenvalue weighted by Gasteiger charge is -2.14. The number of furan rings is 3. The highest BCUT2D eigenvalue weighted by Gasteiger charge is 2.29. The second-order valence-electron chi connectivity index (χ2n) is 34.8.